The van der Waals surface area contributed by atoms with Crippen molar-refractivity contribution in [2.75, 3.05) is 24.5 Å². The van der Waals surface area contributed by atoms with Crippen molar-refractivity contribution in [3.63, 3.8) is 0 Å². The van der Waals surface area contributed by atoms with E-state index in [-0.39, 0.29) is 0 Å². The number of anilines is 1. The van der Waals surface area contributed by atoms with Crippen LogP contribution in [0.3, 0.4) is 0 Å². The number of nitrogens with zero attached hydrogens (tertiary/aromatic N) is 3. The van der Waals surface area contributed by atoms with Crippen molar-refractivity contribution in [1.82, 2.24) is 15.3 Å². The van der Waals surface area contributed by atoms with E-state index in [0.717, 1.165) is 29.2 Å². The fourth-order valence-corrected chi connectivity index (χ4v) is 1.87. The van der Waals surface area contributed by atoms with Gasteiger partial charge in [0.25, 0.3) is 0 Å². The van der Waals surface area contributed by atoms with Crippen LogP contribution < -0.4 is 10.2 Å². The zero-order valence-electron chi connectivity index (χ0n) is 8.07. The zero-order chi connectivity index (χ0) is 9.97. The Morgan fingerprint density at radius 3 is 2.86 bits per heavy atom. The molecule has 1 saturated heterocycles. The second kappa shape index (κ2) is 4.39. The summed E-state index contributed by atoms with van der Waals surface area (Å²) >= 11 is 2.22. The summed E-state index contributed by atoms with van der Waals surface area (Å²) in [7, 11) is 0. The predicted octanol–water partition coefficient (Wildman–Crippen LogP) is 0.879. The first-order valence-corrected chi connectivity index (χ1v) is 5.80. The molecule has 0 aliphatic carbocycles. The van der Waals surface area contributed by atoms with Gasteiger partial charge in [0, 0.05) is 41.6 Å². The van der Waals surface area contributed by atoms with Crippen molar-refractivity contribution >= 4 is 28.5 Å². The summed E-state index contributed by atoms with van der Waals surface area (Å²) in [5.41, 5.74) is 0. The molecule has 0 saturated carbocycles. The molecule has 1 aliphatic rings. The van der Waals surface area contributed by atoms with E-state index in [1.807, 2.05) is 12.4 Å². The van der Waals surface area contributed by atoms with Crippen molar-refractivity contribution in [2.24, 2.45) is 0 Å². The van der Waals surface area contributed by atoms with Gasteiger partial charge in [-0.25, -0.2) is 9.97 Å². The summed E-state index contributed by atoms with van der Waals surface area (Å²) in [5.74, 6) is 0.847. The molecule has 0 aromatic carbocycles. The number of halogens is 1. The molecule has 1 aromatic heterocycles. The van der Waals surface area contributed by atoms with Gasteiger partial charge in [-0.1, -0.05) is 0 Å². The number of hydrogen-bond donors (Lipinski definition) is 1. The number of nitrogens with one attached hydrogen (secondary N) is 1. The van der Waals surface area contributed by atoms with Gasteiger partial charge in [-0.15, -0.1) is 0 Å². The van der Waals surface area contributed by atoms with Gasteiger partial charge in [0.05, 0.1) is 0 Å². The third-order valence-corrected chi connectivity index (χ3v) is 2.92. The van der Waals surface area contributed by atoms with E-state index in [2.05, 4.69) is 49.7 Å². The highest BCUT2D eigenvalue weighted by Gasteiger charge is 2.19. The summed E-state index contributed by atoms with van der Waals surface area (Å²) in [5, 5.41) is 3.35. The summed E-state index contributed by atoms with van der Waals surface area (Å²) in [6.45, 7) is 5.20. The van der Waals surface area contributed by atoms with Gasteiger partial charge in [-0.3, -0.25) is 0 Å². The molecule has 5 heteroatoms. The molecular weight excluding hydrogens is 291 g/mol. The van der Waals surface area contributed by atoms with Crippen LogP contribution in [0.15, 0.2) is 12.4 Å². The molecule has 1 fully saturated rings. The summed E-state index contributed by atoms with van der Waals surface area (Å²) in [6, 6.07) is 0.476. The van der Waals surface area contributed by atoms with Crippen LogP contribution in [0.1, 0.15) is 6.92 Å². The van der Waals surface area contributed by atoms with Gasteiger partial charge >= 0.3 is 0 Å². The largest absolute Gasteiger partial charge is 0.336 e. The van der Waals surface area contributed by atoms with Crippen LogP contribution in [0.4, 0.5) is 5.95 Å². The number of hydrogen-bond acceptors (Lipinski definition) is 4. The van der Waals surface area contributed by atoms with E-state index in [0.29, 0.717) is 6.04 Å². The van der Waals surface area contributed by atoms with Crippen molar-refractivity contribution in [3.8, 4) is 0 Å². The molecule has 1 aromatic rings. The van der Waals surface area contributed by atoms with Crippen molar-refractivity contribution in [3.05, 3.63) is 16.0 Å². The van der Waals surface area contributed by atoms with Gasteiger partial charge in [0.1, 0.15) is 0 Å². The Hall–Kier alpha value is -0.430. The predicted molar refractivity (Wildman–Crippen MR) is 64.4 cm³/mol. The van der Waals surface area contributed by atoms with Crippen molar-refractivity contribution < 1.29 is 0 Å². The molecule has 0 radical (unpaired) electrons. The third kappa shape index (κ3) is 2.14. The lowest BCUT2D eigenvalue weighted by Crippen LogP contribution is -2.50. The average Bonchev–Trinajstić information content (AvgIpc) is 2.20. The molecule has 1 N–H and O–H groups in total. The van der Waals surface area contributed by atoms with E-state index in [1.54, 1.807) is 0 Å². The van der Waals surface area contributed by atoms with Crippen molar-refractivity contribution in [2.45, 2.75) is 13.0 Å². The highest BCUT2D eigenvalue weighted by molar-refractivity contribution is 14.1. The maximum atomic E-state index is 4.33. The van der Waals surface area contributed by atoms with E-state index < -0.39 is 0 Å². The smallest absolute Gasteiger partial charge is 0.225 e. The maximum absolute atomic E-state index is 4.33. The molecule has 0 spiro atoms. The summed E-state index contributed by atoms with van der Waals surface area (Å²) in [4.78, 5) is 10.9. The maximum Gasteiger partial charge on any atom is 0.225 e. The fourth-order valence-electron chi connectivity index (χ4n) is 1.59. The number of rotatable bonds is 1. The van der Waals surface area contributed by atoms with Gasteiger partial charge < -0.3 is 10.2 Å². The lowest BCUT2D eigenvalue weighted by Gasteiger charge is -2.33. The molecule has 1 aliphatic heterocycles. The molecule has 14 heavy (non-hydrogen) atoms. The fraction of sp³-hybridized carbons (Fsp3) is 0.556. The van der Waals surface area contributed by atoms with Crippen LogP contribution in [0.2, 0.25) is 0 Å². The molecule has 4 nitrogen and oxygen atoms in total. The Bertz CT molecular complexity index is 300. The van der Waals surface area contributed by atoms with E-state index >= 15 is 0 Å². The lowest BCUT2D eigenvalue weighted by molar-refractivity contribution is 0.493. The first-order valence-electron chi connectivity index (χ1n) is 4.72. The molecule has 0 amide bonds. The third-order valence-electron chi connectivity index (χ3n) is 2.36. The van der Waals surface area contributed by atoms with Crippen LogP contribution >= 0.6 is 22.6 Å². The van der Waals surface area contributed by atoms with E-state index in [4.69, 9.17) is 0 Å². The molecular formula is C9H13IN4. The Kier molecular flexibility index (Phi) is 3.17. The molecule has 2 rings (SSSR count). The Labute approximate surface area is 97.3 Å². The van der Waals surface area contributed by atoms with Crippen LogP contribution in [0.25, 0.3) is 0 Å². The zero-order valence-corrected chi connectivity index (χ0v) is 10.2. The normalized spacial score (nSPS) is 22.4. The highest BCUT2D eigenvalue weighted by Crippen LogP contribution is 2.12. The first-order chi connectivity index (χ1) is 6.77. The Morgan fingerprint density at radius 2 is 2.21 bits per heavy atom. The topological polar surface area (TPSA) is 41.0 Å². The van der Waals surface area contributed by atoms with Gasteiger partial charge in [-0.2, -0.15) is 0 Å². The summed E-state index contributed by atoms with van der Waals surface area (Å²) in [6.07, 6.45) is 3.72. The second-order valence-electron chi connectivity index (χ2n) is 3.45. The first kappa shape index (κ1) is 10.1. The minimum Gasteiger partial charge on any atom is -0.336 e. The van der Waals surface area contributed by atoms with E-state index in [9.17, 15) is 0 Å². The van der Waals surface area contributed by atoms with Crippen LogP contribution in [0.5, 0.6) is 0 Å². The summed E-state index contributed by atoms with van der Waals surface area (Å²) < 4.78 is 1.08. The minimum absolute atomic E-state index is 0.476. The number of piperazine rings is 1. The molecule has 0 bridgehead atoms. The highest BCUT2D eigenvalue weighted by atomic mass is 127. The van der Waals surface area contributed by atoms with Crippen LogP contribution in [-0.2, 0) is 0 Å². The Morgan fingerprint density at radius 1 is 1.50 bits per heavy atom. The quantitative estimate of drug-likeness (QED) is 0.782. The lowest BCUT2D eigenvalue weighted by atomic mass is 10.2. The standard InChI is InChI=1S/C9H13IN4/c1-7-4-11-2-3-14(7)9-12-5-8(10)6-13-9/h5-7,11H,2-4H2,1H3. The van der Waals surface area contributed by atoms with E-state index in [1.165, 1.54) is 0 Å². The van der Waals surface area contributed by atoms with Crippen LogP contribution in [0, 0.1) is 3.57 Å². The van der Waals surface area contributed by atoms with Gasteiger partial charge in [-0.05, 0) is 29.5 Å². The monoisotopic (exact) mass is 304 g/mol. The van der Waals surface area contributed by atoms with Gasteiger partial charge in [0.15, 0.2) is 0 Å². The minimum atomic E-state index is 0.476. The molecule has 76 valence electrons. The number of aromatic nitrogens is 2. The van der Waals surface area contributed by atoms with Crippen molar-refractivity contribution in [1.29, 1.82) is 0 Å². The average molecular weight is 304 g/mol. The molecule has 1 atom stereocenters. The second-order valence-corrected chi connectivity index (χ2v) is 4.69. The van der Waals surface area contributed by atoms with Crippen LogP contribution in [-0.4, -0.2) is 35.6 Å². The van der Waals surface area contributed by atoms with Gasteiger partial charge in [0.2, 0.25) is 5.95 Å². The SMILES string of the molecule is CC1CNCCN1c1ncc(I)cn1. The molecule has 2 heterocycles. The Balaban J connectivity index is 2.16. The molecule has 1 unspecified atom stereocenters.